The lowest BCUT2D eigenvalue weighted by Gasteiger charge is -2.26. The van der Waals surface area contributed by atoms with Crippen LogP contribution in [0.3, 0.4) is 0 Å². The number of fused-ring (bicyclic) bond motifs is 8. The number of nitrogens with zero attached hydrogens (tertiary/aromatic N) is 2. The smallest absolute Gasteiger partial charge is 0.125 e. The van der Waals surface area contributed by atoms with Crippen molar-refractivity contribution in [1.29, 1.82) is 0 Å². The van der Waals surface area contributed by atoms with E-state index in [1.807, 2.05) is 17.5 Å². The lowest BCUT2D eigenvalue weighted by Crippen LogP contribution is -2.09. The van der Waals surface area contributed by atoms with Gasteiger partial charge in [-0.25, -0.2) is 4.98 Å². The molecule has 0 aliphatic heterocycles. The third-order valence-electron chi connectivity index (χ3n) is 8.32. The minimum atomic E-state index is 1.08. The van der Waals surface area contributed by atoms with Crippen molar-refractivity contribution < 1.29 is 0 Å². The molecule has 0 unspecified atom stereocenters. The van der Waals surface area contributed by atoms with Crippen molar-refractivity contribution >= 4 is 91.0 Å². The molecule has 202 valence electrons. The normalized spacial score (nSPS) is 11.7. The zero-order valence-corrected chi connectivity index (χ0v) is 24.7. The molecule has 0 N–H and O–H groups in total. The van der Waals surface area contributed by atoms with Crippen molar-refractivity contribution in [3.05, 3.63) is 146 Å². The molecule has 0 saturated carbocycles. The van der Waals surface area contributed by atoms with Gasteiger partial charge in [-0.1, -0.05) is 97.1 Å². The van der Waals surface area contributed by atoms with Gasteiger partial charge in [0.25, 0.3) is 0 Å². The highest BCUT2D eigenvalue weighted by Crippen LogP contribution is 2.44. The van der Waals surface area contributed by atoms with Crippen LogP contribution in [0.15, 0.2) is 146 Å². The summed E-state index contributed by atoms with van der Waals surface area (Å²) in [5.74, 6) is 0. The maximum Gasteiger partial charge on any atom is 0.125 e. The van der Waals surface area contributed by atoms with Gasteiger partial charge in [0.2, 0.25) is 0 Å². The van der Waals surface area contributed by atoms with E-state index in [2.05, 4.69) is 144 Å². The number of anilines is 3. The number of benzene rings is 6. The number of thiophene rings is 2. The van der Waals surface area contributed by atoms with Crippen LogP contribution in [0.4, 0.5) is 17.1 Å². The molecule has 0 fully saturated rings. The molecule has 6 aromatic carbocycles. The van der Waals surface area contributed by atoms with Crippen LogP contribution in [0.2, 0.25) is 0 Å². The van der Waals surface area contributed by atoms with Gasteiger partial charge in [-0.15, -0.1) is 22.7 Å². The van der Waals surface area contributed by atoms with Gasteiger partial charge in [0, 0.05) is 64.3 Å². The molecule has 0 amide bonds. The maximum atomic E-state index is 4.84. The van der Waals surface area contributed by atoms with Crippen molar-refractivity contribution in [3.63, 3.8) is 0 Å². The third kappa shape index (κ3) is 4.03. The Bertz CT molecular complexity index is 2450. The van der Waals surface area contributed by atoms with Crippen LogP contribution in [0.25, 0.3) is 62.4 Å². The van der Waals surface area contributed by atoms with Crippen molar-refractivity contribution in [2.45, 2.75) is 0 Å². The zero-order chi connectivity index (χ0) is 28.3. The molecule has 0 atom stereocenters. The van der Waals surface area contributed by atoms with Crippen molar-refractivity contribution in [1.82, 2.24) is 4.98 Å². The van der Waals surface area contributed by atoms with E-state index in [1.54, 1.807) is 11.3 Å². The van der Waals surface area contributed by atoms with E-state index in [9.17, 15) is 0 Å². The first-order valence-electron chi connectivity index (χ1n) is 14.4. The predicted molar refractivity (Wildman–Crippen MR) is 188 cm³/mol. The summed E-state index contributed by atoms with van der Waals surface area (Å²) in [7, 11) is 0. The quantitative estimate of drug-likeness (QED) is 0.205. The lowest BCUT2D eigenvalue weighted by atomic mass is 10.0. The first-order valence-corrected chi connectivity index (χ1v) is 16.0. The molecular formula is C39H24N2S2. The number of hydrogen-bond acceptors (Lipinski definition) is 4. The Morgan fingerprint density at radius 2 is 1.05 bits per heavy atom. The summed E-state index contributed by atoms with van der Waals surface area (Å²) in [5.41, 5.74) is 5.84. The van der Waals surface area contributed by atoms with Gasteiger partial charge in [0.15, 0.2) is 0 Å². The van der Waals surface area contributed by atoms with E-state index in [0.717, 1.165) is 21.9 Å². The lowest BCUT2D eigenvalue weighted by molar-refractivity contribution is 1.30. The minimum Gasteiger partial charge on any atom is -0.310 e. The van der Waals surface area contributed by atoms with E-state index in [4.69, 9.17) is 4.98 Å². The SMILES string of the molecule is c1ccc(-c2ccc(N(c3ccc4c(c3)sc3ccccc34)c3ccc4c(c3)sc3ncc5ccccc5c34)cc2)cc1. The van der Waals surface area contributed by atoms with Gasteiger partial charge in [0.1, 0.15) is 4.83 Å². The summed E-state index contributed by atoms with van der Waals surface area (Å²) >= 11 is 3.63. The summed E-state index contributed by atoms with van der Waals surface area (Å²) in [5, 5.41) is 7.56. The summed E-state index contributed by atoms with van der Waals surface area (Å²) in [6, 6.07) is 50.5. The topological polar surface area (TPSA) is 16.1 Å². The average molecular weight is 585 g/mol. The fourth-order valence-electron chi connectivity index (χ4n) is 6.26. The fraction of sp³-hybridized carbons (Fsp3) is 0. The fourth-order valence-corrected chi connectivity index (χ4v) is 8.50. The van der Waals surface area contributed by atoms with Crippen LogP contribution >= 0.6 is 22.7 Å². The van der Waals surface area contributed by atoms with Gasteiger partial charge in [-0.2, -0.15) is 0 Å². The summed E-state index contributed by atoms with van der Waals surface area (Å²) in [6.07, 6.45) is 1.99. The Morgan fingerprint density at radius 3 is 1.86 bits per heavy atom. The first-order chi connectivity index (χ1) is 21.3. The highest BCUT2D eigenvalue weighted by Gasteiger charge is 2.17. The Hall–Kier alpha value is -5.03. The van der Waals surface area contributed by atoms with Crippen molar-refractivity contribution in [2.75, 3.05) is 4.90 Å². The van der Waals surface area contributed by atoms with E-state index in [0.29, 0.717) is 0 Å². The molecule has 0 saturated heterocycles. The van der Waals surface area contributed by atoms with Gasteiger partial charge in [0.05, 0.1) is 0 Å². The molecule has 0 aliphatic rings. The summed E-state index contributed by atoms with van der Waals surface area (Å²) in [4.78, 5) is 8.30. The number of pyridine rings is 1. The Labute approximate surface area is 256 Å². The number of aromatic nitrogens is 1. The number of rotatable bonds is 4. The summed E-state index contributed by atoms with van der Waals surface area (Å²) < 4.78 is 3.85. The molecule has 9 rings (SSSR count). The molecule has 4 heteroatoms. The number of hydrogen-bond donors (Lipinski definition) is 0. The van der Waals surface area contributed by atoms with E-state index in [-0.39, 0.29) is 0 Å². The molecule has 0 aliphatic carbocycles. The average Bonchev–Trinajstić information content (AvgIpc) is 3.63. The molecule has 3 aromatic heterocycles. The highest BCUT2D eigenvalue weighted by atomic mass is 32.1. The molecule has 0 spiro atoms. The van der Waals surface area contributed by atoms with Gasteiger partial charge in [-0.05, 0) is 59.0 Å². The first kappa shape index (κ1) is 24.6. The molecular weight excluding hydrogens is 561 g/mol. The second-order valence-electron chi connectivity index (χ2n) is 10.8. The van der Waals surface area contributed by atoms with Gasteiger partial charge >= 0.3 is 0 Å². The minimum absolute atomic E-state index is 1.08. The van der Waals surface area contributed by atoms with E-state index in [1.165, 1.54) is 57.5 Å². The molecule has 43 heavy (non-hydrogen) atoms. The second-order valence-corrected chi connectivity index (χ2v) is 12.9. The second kappa shape index (κ2) is 9.77. The van der Waals surface area contributed by atoms with E-state index >= 15 is 0 Å². The van der Waals surface area contributed by atoms with Gasteiger partial charge < -0.3 is 4.90 Å². The van der Waals surface area contributed by atoms with Crippen LogP contribution in [-0.2, 0) is 0 Å². The van der Waals surface area contributed by atoms with Crippen LogP contribution in [0.1, 0.15) is 0 Å². The van der Waals surface area contributed by atoms with Gasteiger partial charge in [-0.3, -0.25) is 0 Å². The van der Waals surface area contributed by atoms with E-state index < -0.39 is 0 Å². The van der Waals surface area contributed by atoms with Crippen molar-refractivity contribution in [2.24, 2.45) is 0 Å². The standard InChI is InChI=1S/C39H24N2S2/c1-2-8-25(9-3-1)26-14-16-28(17-15-26)41(29-18-20-33-32-12-6-7-13-35(32)42-36(33)22-29)30-19-21-34-37(23-30)43-39-38(34)31-11-5-4-10-27(31)24-40-39/h1-24H. The molecule has 0 radical (unpaired) electrons. The monoisotopic (exact) mass is 584 g/mol. The predicted octanol–water partition coefficient (Wildman–Crippen LogP) is 12.1. The molecule has 2 nitrogen and oxygen atoms in total. The van der Waals surface area contributed by atoms with Crippen LogP contribution in [0, 0.1) is 0 Å². The Kier molecular flexibility index (Phi) is 5.58. The van der Waals surface area contributed by atoms with Crippen LogP contribution in [-0.4, -0.2) is 4.98 Å². The van der Waals surface area contributed by atoms with Crippen molar-refractivity contribution in [3.8, 4) is 11.1 Å². The maximum absolute atomic E-state index is 4.84. The molecule has 9 aromatic rings. The Balaban J connectivity index is 1.23. The highest BCUT2D eigenvalue weighted by molar-refractivity contribution is 7.26. The largest absolute Gasteiger partial charge is 0.310 e. The Morgan fingerprint density at radius 1 is 0.442 bits per heavy atom. The summed E-state index contributed by atoms with van der Waals surface area (Å²) in [6.45, 7) is 0. The molecule has 3 heterocycles. The third-order valence-corrected chi connectivity index (χ3v) is 10.5. The zero-order valence-electron chi connectivity index (χ0n) is 23.1. The molecule has 0 bridgehead atoms. The van der Waals surface area contributed by atoms with Crippen LogP contribution < -0.4 is 4.90 Å². The van der Waals surface area contributed by atoms with Crippen LogP contribution in [0.5, 0.6) is 0 Å².